The largest absolute Gasteiger partial charge is 0.389 e. The van der Waals surface area contributed by atoms with Crippen LogP contribution in [0.4, 0.5) is 5.69 Å². The van der Waals surface area contributed by atoms with E-state index in [0.29, 0.717) is 12.3 Å². The fourth-order valence-corrected chi connectivity index (χ4v) is 4.15. The molecule has 0 radical (unpaired) electrons. The summed E-state index contributed by atoms with van der Waals surface area (Å²) >= 11 is 0. The van der Waals surface area contributed by atoms with Crippen molar-refractivity contribution in [1.29, 1.82) is 0 Å². The molecule has 2 N–H and O–H groups in total. The number of aliphatic hydroxyl groups is 1. The Labute approximate surface area is 149 Å². The van der Waals surface area contributed by atoms with Gasteiger partial charge in [0.1, 0.15) is 0 Å². The Bertz CT molecular complexity index is 562. The molecule has 1 amide bonds. The lowest BCUT2D eigenvalue weighted by Crippen LogP contribution is -2.56. The maximum Gasteiger partial charge on any atom is 0.225 e. The molecule has 0 aromatic carbocycles. The number of rotatable bonds is 5. The molecule has 6 nitrogen and oxygen atoms in total. The molecular formula is C19H29N3O3. The molecule has 3 rings (SSSR count). The quantitative estimate of drug-likeness (QED) is 0.851. The first-order valence-corrected chi connectivity index (χ1v) is 9.30. The van der Waals surface area contributed by atoms with E-state index in [0.717, 1.165) is 57.8 Å². The highest BCUT2D eigenvalue weighted by atomic mass is 16.5. The van der Waals surface area contributed by atoms with Gasteiger partial charge in [0.25, 0.3) is 0 Å². The topological polar surface area (TPSA) is 74.7 Å². The standard InChI is InChI=1S/C19H29N3O3/c1-15-14-22(9-4-18(23)21-17-3-2-8-20-13-17)10-7-19(15,24)16-5-11-25-12-6-16/h2-3,8,13,15-16,24H,4-7,9-12,14H2,1H3,(H,21,23). The summed E-state index contributed by atoms with van der Waals surface area (Å²) in [6.07, 6.45) is 6.47. The number of amides is 1. The predicted molar refractivity (Wildman–Crippen MR) is 96.2 cm³/mol. The van der Waals surface area contributed by atoms with Gasteiger partial charge < -0.3 is 20.1 Å². The number of hydrogen-bond donors (Lipinski definition) is 2. The Balaban J connectivity index is 1.45. The van der Waals surface area contributed by atoms with Crippen LogP contribution in [0, 0.1) is 11.8 Å². The minimum atomic E-state index is -0.585. The number of carbonyl (C=O) groups excluding carboxylic acids is 1. The van der Waals surface area contributed by atoms with E-state index >= 15 is 0 Å². The van der Waals surface area contributed by atoms with Crippen LogP contribution in [0.1, 0.15) is 32.6 Å². The van der Waals surface area contributed by atoms with Gasteiger partial charge in [-0.2, -0.15) is 0 Å². The first-order chi connectivity index (χ1) is 12.1. The van der Waals surface area contributed by atoms with Crippen molar-refractivity contribution in [3.63, 3.8) is 0 Å². The van der Waals surface area contributed by atoms with E-state index < -0.39 is 5.60 Å². The molecule has 1 aromatic rings. The zero-order valence-corrected chi connectivity index (χ0v) is 15.0. The molecule has 2 aliphatic rings. The molecule has 1 aromatic heterocycles. The van der Waals surface area contributed by atoms with Crippen molar-refractivity contribution in [3.8, 4) is 0 Å². The van der Waals surface area contributed by atoms with E-state index in [2.05, 4.69) is 22.1 Å². The van der Waals surface area contributed by atoms with Crippen LogP contribution in [-0.2, 0) is 9.53 Å². The van der Waals surface area contributed by atoms with Gasteiger partial charge in [-0.05, 0) is 43.2 Å². The molecule has 138 valence electrons. The van der Waals surface area contributed by atoms with Crippen LogP contribution in [0.3, 0.4) is 0 Å². The molecule has 0 spiro atoms. The molecule has 0 bridgehead atoms. The van der Waals surface area contributed by atoms with Crippen molar-refractivity contribution < 1.29 is 14.6 Å². The monoisotopic (exact) mass is 347 g/mol. The number of nitrogens with zero attached hydrogens (tertiary/aromatic N) is 2. The van der Waals surface area contributed by atoms with Gasteiger partial charge in [-0.1, -0.05) is 6.92 Å². The summed E-state index contributed by atoms with van der Waals surface area (Å²) < 4.78 is 5.44. The third-order valence-corrected chi connectivity index (χ3v) is 5.74. The van der Waals surface area contributed by atoms with Gasteiger partial charge in [-0.25, -0.2) is 0 Å². The zero-order valence-electron chi connectivity index (χ0n) is 15.0. The summed E-state index contributed by atoms with van der Waals surface area (Å²) in [4.78, 5) is 18.4. The molecule has 2 atom stereocenters. The lowest BCUT2D eigenvalue weighted by Gasteiger charge is -2.48. The van der Waals surface area contributed by atoms with Crippen molar-refractivity contribution in [2.24, 2.45) is 11.8 Å². The summed E-state index contributed by atoms with van der Waals surface area (Å²) in [6.45, 7) is 6.07. The highest BCUT2D eigenvalue weighted by Gasteiger charge is 2.45. The van der Waals surface area contributed by atoms with Crippen molar-refractivity contribution in [1.82, 2.24) is 9.88 Å². The maximum atomic E-state index is 12.1. The van der Waals surface area contributed by atoms with E-state index in [4.69, 9.17) is 4.74 Å². The van der Waals surface area contributed by atoms with Crippen LogP contribution >= 0.6 is 0 Å². The number of carbonyl (C=O) groups is 1. The zero-order chi connectivity index (χ0) is 17.7. The summed E-state index contributed by atoms with van der Waals surface area (Å²) in [5.41, 5.74) is 0.145. The lowest BCUT2D eigenvalue weighted by atomic mass is 9.70. The number of nitrogens with one attached hydrogen (secondary N) is 1. The molecule has 2 unspecified atom stereocenters. The van der Waals surface area contributed by atoms with Crippen LogP contribution in [0.2, 0.25) is 0 Å². The molecule has 6 heteroatoms. The molecular weight excluding hydrogens is 318 g/mol. The number of pyridine rings is 1. The van der Waals surface area contributed by atoms with E-state index in [1.807, 2.05) is 6.07 Å². The predicted octanol–water partition coefficient (Wildman–Crippen LogP) is 1.91. The van der Waals surface area contributed by atoms with Crippen LogP contribution in [0.25, 0.3) is 0 Å². The highest BCUT2D eigenvalue weighted by molar-refractivity contribution is 5.90. The van der Waals surface area contributed by atoms with Crippen molar-refractivity contribution in [3.05, 3.63) is 24.5 Å². The first-order valence-electron chi connectivity index (χ1n) is 9.30. The molecule has 2 saturated heterocycles. The smallest absolute Gasteiger partial charge is 0.225 e. The SMILES string of the molecule is CC1CN(CCC(=O)Nc2cccnc2)CCC1(O)C1CCOCC1. The van der Waals surface area contributed by atoms with Gasteiger partial charge in [0.15, 0.2) is 0 Å². The number of likely N-dealkylation sites (tertiary alicyclic amines) is 1. The molecule has 0 saturated carbocycles. The van der Waals surface area contributed by atoms with E-state index in [1.165, 1.54) is 0 Å². The minimum Gasteiger partial charge on any atom is -0.389 e. The van der Waals surface area contributed by atoms with Crippen LogP contribution in [0.15, 0.2) is 24.5 Å². The fourth-order valence-electron chi connectivity index (χ4n) is 4.15. The third-order valence-electron chi connectivity index (χ3n) is 5.74. The highest BCUT2D eigenvalue weighted by Crippen LogP contribution is 2.39. The molecule has 25 heavy (non-hydrogen) atoms. The van der Waals surface area contributed by atoms with E-state index in [1.54, 1.807) is 18.5 Å². The van der Waals surface area contributed by atoms with E-state index in [-0.39, 0.29) is 11.8 Å². The maximum absolute atomic E-state index is 12.1. The minimum absolute atomic E-state index is 0.00548. The Kier molecular flexibility index (Phi) is 6.04. The summed E-state index contributed by atoms with van der Waals surface area (Å²) in [5.74, 6) is 0.559. The Morgan fingerprint density at radius 1 is 1.48 bits per heavy atom. The van der Waals surface area contributed by atoms with Crippen molar-refractivity contribution >= 4 is 11.6 Å². The van der Waals surface area contributed by atoms with Crippen LogP contribution in [0.5, 0.6) is 0 Å². The van der Waals surface area contributed by atoms with Gasteiger partial charge >= 0.3 is 0 Å². The number of ether oxygens (including phenoxy) is 1. The molecule has 0 aliphatic carbocycles. The van der Waals surface area contributed by atoms with Gasteiger partial charge in [0, 0.05) is 45.5 Å². The average molecular weight is 347 g/mol. The van der Waals surface area contributed by atoms with Crippen molar-refractivity contribution in [2.45, 2.75) is 38.2 Å². The van der Waals surface area contributed by atoms with Crippen LogP contribution < -0.4 is 5.32 Å². The van der Waals surface area contributed by atoms with Crippen molar-refractivity contribution in [2.75, 3.05) is 38.2 Å². The summed E-state index contributed by atoms with van der Waals surface area (Å²) in [7, 11) is 0. The normalized spacial score (nSPS) is 28.6. The lowest BCUT2D eigenvalue weighted by molar-refractivity contribution is -0.131. The number of anilines is 1. The Morgan fingerprint density at radius 3 is 2.96 bits per heavy atom. The third kappa shape index (κ3) is 4.57. The fraction of sp³-hybridized carbons (Fsp3) is 0.684. The molecule has 2 fully saturated rings. The van der Waals surface area contributed by atoms with Gasteiger partial charge in [0.2, 0.25) is 5.91 Å². The number of piperidine rings is 1. The second kappa shape index (κ2) is 8.25. The van der Waals surface area contributed by atoms with Gasteiger partial charge in [0.05, 0.1) is 17.5 Å². The van der Waals surface area contributed by atoms with Gasteiger partial charge in [-0.15, -0.1) is 0 Å². The average Bonchev–Trinajstić information content (AvgIpc) is 2.64. The van der Waals surface area contributed by atoms with Crippen LogP contribution in [-0.4, -0.2) is 59.3 Å². The van der Waals surface area contributed by atoms with Gasteiger partial charge in [-0.3, -0.25) is 9.78 Å². The molecule has 2 aliphatic heterocycles. The first kappa shape index (κ1) is 18.3. The second-order valence-electron chi connectivity index (χ2n) is 7.37. The summed E-state index contributed by atoms with van der Waals surface area (Å²) in [6, 6.07) is 3.64. The number of hydrogen-bond acceptors (Lipinski definition) is 5. The summed E-state index contributed by atoms with van der Waals surface area (Å²) in [5, 5.41) is 14.1. The number of aromatic nitrogens is 1. The Morgan fingerprint density at radius 2 is 2.28 bits per heavy atom. The second-order valence-corrected chi connectivity index (χ2v) is 7.37. The molecule has 3 heterocycles. The Hall–Kier alpha value is -1.50. The van der Waals surface area contributed by atoms with E-state index in [9.17, 15) is 9.90 Å².